The molecular formula is C15H23N3. The summed E-state index contributed by atoms with van der Waals surface area (Å²) >= 11 is 0. The van der Waals surface area contributed by atoms with Crippen LogP contribution in [0.2, 0.25) is 0 Å². The van der Waals surface area contributed by atoms with Gasteiger partial charge in [0.15, 0.2) is 0 Å². The van der Waals surface area contributed by atoms with Crippen molar-refractivity contribution < 1.29 is 0 Å². The minimum absolute atomic E-state index is 0.643. The average molecular weight is 245 g/mol. The van der Waals surface area contributed by atoms with Gasteiger partial charge in [0, 0.05) is 44.5 Å². The van der Waals surface area contributed by atoms with Crippen molar-refractivity contribution in [3.8, 4) is 0 Å². The third kappa shape index (κ3) is 2.38. The normalized spacial score (nSPS) is 24.9. The van der Waals surface area contributed by atoms with Crippen LogP contribution in [0.3, 0.4) is 0 Å². The van der Waals surface area contributed by atoms with Gasteiger partial charge < -0.3 is 10.2 Å². The molecule has 0 aromatic heterocycles. The average Bonchev–Trinajstić information content (AvgIpc) is 2.42. The van der Waals surface area contributed by atoms with Crippen LogP contribution in [-0.2, 0) is 6.42 Å². The Kier molecular flexibility index (Phi) is 3.52. The molecule has 0 aliphatic carbocycles. The Labute approximate surface area is 110 Å². The molecule has 0 saturated carbocycles. The maximum Gasteiger partial charge on any atom is 0.0399 e. The molecule has 1 aromatic rings. The van der Waals surface area contributed by atoms with Gasteiger partial charge in [-0.1, -0.05) is 18.2 Å². The van der Waals surface area contributed by atoms with Crippen LogP contribution in [0, 0.1) is 0 Å². The molecule has 1 N–H and O–H groups in total. The molecule has 18 heavy (non-hydrogen) atoms. The predicted molar refractivity (Wildman–Crippen MR) is 76.3 cm³/mol. The van der Waals surface area contributed by atoms with E-state index in [0.717, 1.165) is 19.6 Å². The van der Waals surface area contributed by atoms with Gasteiger partial charge in [-0.25, -0.2) is 0 Å². The molecule has 3 heteroatoms. The summed E-state index contributed by atoms with van der Waals surface area (Å²) in [5, 5.41) is 3.51. The lowest BCUT2D eigenvalue weighted by molar-refractivity contribution is 0.202. The van der Waals surface area contributed by atoms with Gasteiger partial charge in [-0.3, -0.25) is 4.90 Å². The van der Waals surface area contributed by atoms with Crippen LogP contribution in [-0.4, -0.2) is 50.7 Å². The highest BCUT2D eigenvalue weighted by Crippen LogP contribution is 2.27. The zero-order valence-electron chi connectivity index (χ0n) is 11.2. The zero-order chi connectivity index (χ0) is 12.4. The summed E-state index contributed by atoms with van der Waals surface area (Å²) in [4.78, 5) is 5.07. The molecule has 0 bridgehead atoms. The number of hydrogen-bond acceptors (Lipinski definition) is 3. The Balaban J connectivity index is 1.73. The smallest absolute Gasteiger partial charge is 0.0399 e. The van der Waals surface area contributed by atoms with Crippen molar-refractivity contribution >= 4 is 5.69 Å². The maximum absolute atomic E-state index is 3.51. The summed E-state index contributed by atoms with van der Waals surface area (Å²) in [5.74, 6) is 0. The summed E-state index contributed by atoms with van der Waals surface area (Å²) in [6.45, 7) is 5.78. The lowest BCUT2D eigenvalue weighted by Crippen LogP contribution is -2.54. The van der Waals surface area contributed by atoms with Crippen molar-refractivity contribution in [1.82, 2.24) is 10.2 Å². The Morgan fingerprint density at radius 1 is 1.28 bits per heavy atom. The minimum atomic E-state index is 0.643. The molecule has 0 radical (unpaired) electrons. The Morgan fingerprint density at radius 2 is 2.17 bits per heavy atom. The molecular weight excluding hydrogens is 222 g/mol. The second kappa shape index (κ2) is 5.29. The van der Waals surface area contributed by atoms with E-state index in [0.29, 0.717) is 6.04 Å². The van der Waals surface area contributed by atoms with Crippen LogP contribution >= 0.6 is 0 Å². The van der Waals surface area contributed by atoms with E-state index in [1.54, 1.807) is 0 Å². The first-order valence-electron chi connectivity index (χ1n) is 7.08. The van der Waals surface area contributed by atoms with Gasteiger partial charge in [0.1, 0.15) is 0 Å². The Morgan fingerprint density at radius 3 is 3.06 bits per heavy atom. The zero-order valence-corrected chi connectivity index (χ0v) is 11.2. The molecule has 1 atom stereocenters. The standard InChI is InChI=1S/C15H23N3/c1-17-10-8-16-11-14(17)12-18-9-4-6-13-5-2-3-7-15(13)18/h2-3,5,7,14,16H,4,6,8-12H2,1H3. The van der Waals surface area contributed by atoms with Crippen molar-refractivity contribution in [2.45, 2.75) is 18.9 Å². The summed E-state index contributed by atoms with van der Waals surface area (Å²) in [5.41, 5.74) is 2.98. The number of fused-ring (bicyclic) bond motifs is 1. The quantitative estimate of drug-likeness (QED) is 0.848. The number of rotatable bonds is 2. The van der Waals surface area contributed by atoms with Gasteiger partial charge in [-0.2, -0.15) is 0 Å². The SMILES string of the molecule is CN1CCNCC1CN1CCCc2ccccc21. The van der Waals surface area contributed by atoms with Gasteiger partial charge in [0.2, 0.25) is 0 Å². The Bertz CT molecular complexity index is 404. The second-order valence-electron chi connectivity index (χ2n) is 5.52. The molecule has 3 rings (SSSR count). The predicted octanol–water partition coefficient (Wildman–Crippen LogP) is 1.34. The van der Waals surface area contributed by atoms with Gasteiger partial charge in [-0.15, -0.1) is 0 Å². The highest BCUT2D eigenvalue weighted by molar-refractivity contribution is 5.55. The summed E-state index contributed by atoms with van der Waals surface area (Å²) < 4.78 is 0. The van der Waals surface area contributed by atoms with Crippen LogP contribution in [0.15, 0.2) is 24.3 Å². The highest BCUT2D eigenvalue weighted by atomic mass is 15.2. The van der Waals surface area contributed by atoms with E-state index in [1.165, 1.54) is 37.2 Å². The van der Waals surface area contributed by atoms with Crippen LogP contribution in [0.4, 0.5) is 5.69 Å². The minimum Gasteiger partial charge on any atom is -0.370 e. The lowest BCUT2D eigenvalue weighted by atomic mass is 10.0. The van der Waals surface area contributed by atoms with Crippen molar-refractivity contribution in [2.24, 2.45) is 0 Å². The van der Waals surface area contributed by atoms with Crippen LogP contribution in [0.1, 0.15) is 12.0 Å². The second-order valence-corrected chi connectivity index (χ2v) is 5.52. The fourth-order valence-electron chi connectivity index (χ4n) is 3.12. The molecule has 1 aromatic carbocycles. The monoisotopic (exact) mass is 245 g/mol. The fraction of sp³-hybridized carbons (Fsp3) is 0.600. The number of anilines is 1. The first-order chi connectivity index (χ1) is 8.84. The van der Waals surface area contributed by atoms with E-state index < -0.39 is 0 Å². The van der Waals surface area contributed by atoms with E-state index in [-0.39, 0.29) is 0 Å². The Hall–Kier alpha value is -1.06. The molecule has 1 unspecified atom stereocenters. The number of aryl methyl sites for hydroxylation is 1. The fourth-order valence-corrected chi connectivity index (χ4v) is 3.12. The van der Waals surface area contributed by atoms with E-state index >= 15 is 0 Å². The van der Waals surface area contributed by atoms with E-state index in [1.807, 2.05) is 0 Å². The molecule has 3 nitrogen and oxygen atoms in total. The topological polar surface area (TPSA) is 18.5 Å². The van der Waals surface area contributed by atoms with E-state index in [2.05, 4.69) is 46.4 Å². The molecule has 2 aliphatic heterocycles. The summed E-state index contributed by atoms with van der Waals surface area (Å²) in [6.07, 6.45) is 2.53. The molecule has 0 spiro atoms. The lowest BCUT2D eigenvalue weighted by Gasteiger charge is -2.39. The number of piperazine rings is 1. The number of nitrogens with one attached hydrogen (secondary N) is 1. The number of likely N-dealkylation sites (N-methyl/N-ethyl adjacent to an activating group) is 1. The van der Waals surface area contributed by atoms with Gasteiger partial charge in [0.05, 0.1) is 0 Å². The summed E-state index contributed by atoms with van der Waals surface area (Å²) in [7, 11) is 2.25. The first-order valence-corrected chi connectivity index (χ1v) is 7.08. The number of para-hydroxylation sites is 1. The number of nitrogens with zero attached hydrogens (tertiary/aromatic N) is 2. The van der Waals surface area contributed by atoms with Crippen LogP contribution < -0.4 is 10.2 Å². The molecule has 2 heterocycles. The van der Waals surface area contributed by atoms with Gasteiger partial charge >= 0.3 is 0 Å². The first kappa shape index (κ1) is 12.0. The molecule has 2 aliphatic rings. The number of benzene rings is 1. The third-order valence-electron chi connectivity index (χ3n) is 4.28. The van der Waals surface area contributed by atoms with E-state index in [4.69, 9.17) is 0 Å². The van der Waals surface area contributed by atoms with Crippen molar-refractivity contribution in [1.29, 1.82) is 0 Å². The van der Waals surface area contributed by atoms with Crippen LogP contribution in [0.25, 0.3) is 0 Å². The van der Waals surface area contributed by atoms with Crippen molar-refractivity contribution in [3.05, 3.63) is 29.8 Å². The molecule has 1 saturated heterocycles. The largest absolute Gasteiger partial charge is 0.370 e. The van der Waals surface area contributed by atoms with Gasteiger partial charge in [-0.05, 0) is 31.5 Å². The molecule has 98 valence electrons. The maximum atomic E-state index is 3.51. The number of hydrogen-bond donors (Lipinski definition) is 1. The summed E-state index contributed by atoms with van der Waals surface area (Å²) in [6, 6.07) is 9.54. The van der Waals surface area contributed by atoms with Crippen molar-refractivity contribution in [2.75, 3.05) is 44.7 Å². The van der Waals surface area contributed by atoms with Crippen molar-refractivity contribution in [3.63, 3.8) is 0 Å². The van der Waals surface area contributed by atoms with E-state index in [9.17, 15) is 0 Å². The molecule has 1 fully saturated rings. The van der Waals surface area contributed by atoms with Crippen LogP contribution in [0.5, 0.6) is 0 Å². The highest BCUT2D eigenvalue weighted by Gasteiger charge is 2.24. The van der Waals surface area contributed by atoms with Gasteiger partial charge in [0.25, 0.3) is 0 Å². The molecule has 0 amide bonds. The third-order valence-corrected chi connectivity index (χ3v) is 4.28.